The maximum atomic E-state index is 13.2. The molecule has 24 heavy (non-hydrogen) atoms. The van der Waals surface area contributed by atoms with Crippen molar-refractivity contribution in [3.63, 3.8) is 0 Å². The fraction of sp³-hybridized carbons (Fsp3) is 0.850. The molecule has 0 aromatic carbocycles. The maximum absolute atomic E-state index is 13.2. The monoisotopic (exact) mass is 329 g/mol. The number of carbonyl (C=O) groups excluding carboxylic acids is 3. The highest BCUT2D eigenvalue weighted by molar-refractivity contribution is 6.08. The summed E-state index contributed by atoms with van der Waals surface area (Å²) in [5.74, 6) is 1.98. The normalized spacial score (nSPS) is 46.5. The lowest BCUT2D eigenvalue weighted by Crippen LogP contribution is -2.53. The molecule has 4 heteroatoms. The SMILES string of the molecule is O=C1[C@H]2CCCC[C@@H]2C(=O)N1CC(=O)C12CC3CC(CC(C3)C1)C2. The van der Waals surface area contributed by atoms with Crippen LogP contribution in [-0.2, 0) is 14.4 Å². The van der Waals surface area contributed by atoms with Gasteiger partial charge < -0.3 is 0 Å². The van der Waals surface area contributed by atoms with Gasteiger partial charge in [0.05, 0.1) is 18.4 Å². The quantitative estimate of drug-likeness (QED) is 0.748. The van der Waals surface area contributed by atoms with Gasteiger partial charge in [0.2, 0.25) is 11.8 Å². The summed E-state index contributed by atoms with van der Waals surface area (Å²) in [5, 5.41) is 0. The Labute approximate surface area is 143 Å². The fourth-order valence-electron chi connectivity index (χ4n) is 7.15. The number of carbonyl (C=O) groups is 3. The zero-order valence-corrected chi connectivity index (χ0v) is 14.3. The number of hydrogen-bond donors (Lipinski definition) is 0. The van der Waals surface area contributed by atoms with Crippen LogP contribution >= 0.6 is 0 Å². The number of fused-ring (bicyclic) bond motifs is 1. The van der Waals surface area contributed by atoms with Crippen molar-refractivity contribution >= 4 is 17.6 Å². The van der Waals surface area contributed by atoms with Crippen LogP contribution in [0.4, 0.5) is 0 Å². The van der Waals surface area contributed by atoms with E-state index in [1.54, 1.807) is 0 Å². The van der Waals surface area contributed by atoms with Crippen molar-refractivity contribution in [1.82, 2.24) is 4.90 Å². The second-order valence-corrected chi connectivity index (χ2v) is 9.38. The van der Waals surface area contributed by atoms with Gasteiger partial charge in [0.15, 0.2) is 5.78 Å². The van der Waals surface area contributed by atoms with E-state index in [1.165, 1.54) is 24.2 Å². The number of likely N-dealkylation sites (tertiary alicyclic amines) is 1. The minimum Gasteiger partial charge on any atom is -0.297 e. The van der Waals surface area contributed by atoms with Crippen LogP contribution in [0.25, 0.3) is 0 Å². The summed E-state index contributed by atoms with van der Waals surface area (Å²) in [6.07, 6.45) is 10.7. The third-order valence-electron chi connectivity index (χ3n) is 7.86. The molecule has 5 saturated carbocycles. The molecule has 0 unspecified atom stereocenters. The van der Waals surface area contributed by atoms with E-state index in [4.69, 9.17) is 0 Å². The van der Waals surface area contributed by atoms with Gasteiger partial charge in [-0.2, -0.15) is 0 Å². The predicted octanol–water partition coefficient (Wildman–Crippen LogP) is 2.95. The van der Waals surface area contributed by atoms with Crippen molar-refractivity contribution in [2.24, 2.45) is 35.0 Å². The molecule has 130 valence electrons. The molecular weight excluding hydrogens is 302 g/mol. The Bertz CT molecular complexity index is 551. The second kappa shape index (κ2) is 5.15. The lowest BCUT2D eigenvalue weighted by atomic mass is 9.48. The third kappa shape index (κ3) is 2.07. The van der Waals surface area contributed by atoms with Crippen molar-refractivity contribution in [3.8, 4) is 0 Å². The average molecular weight is 329 g/mol. The van der Waals surface area contributed by atoms with E-state index in [2.05, 4.69) is 0 Å². The van der Waals surface area contributed by atoms with E-state index in [0.717, 1.165) is 44.9 Å². The Morgan fingerprint density at radius 3 is 1.79 bits per heavy atom. The molecule has 6 rings (SSSR count). The summed E-state index contributed by atoms with van der Waals surface area (Å²) in [5.41, 5.74) is -0.205. The molecule has 2 atom stereocenters. The van der Waals surface area contributed by atoms with E-state index in [9.17, 15) is 14.4 Å². The summed E-state index contributed by atoms with van der Waals surface area (Å²) < 4.78 is 0. The van der Waals surface area contributed by atoms with Crippen molar-refractivity contribution in [3.05, 3.63) is 0 Å². The zero-order valence-electron chi connectivity index (χ0n) is 14.3. The van der Waals surface area contributed by atoms with Crippen LogP contribution in [0.15, 0.2) is 0 Å². The number of rotatable bonds is 3. The topological polar surface area (TPSA) is 54.5 Å². The van der Waals surface area contributed by atoms with Crippen LogP contribution < -0.4 is 0 Å². The Kier molecular flexibility index (Phi) is 3.24. The highest BCUT2D eigenvalue weighted by atomic mass is 16.2. The summed E-state index contributed by atoms with van der Waals surface area (Å²) >= 11 is 0. The first kappa shape index (κ1) is 15.1. The first-order chi connectivity index (χ1) is 11.6. The molecular formula is C20H27NO3. The molecule has 0 N–H and O–H groups in total. The number of nitrogens with zero attached hydrogens (tertiary/aromatic N) is 1. The van der Waals surface area contributed by atoms with E-state index < -0.39 is 0 Å². The summed E-state index contributed by atoms with van der Waals surface area (Å²) in [6.45, 7) is 0.0663. The average Bonchev–Trinajstić information content (AvgIpc) is 2.79. The number of Topliss-reactive ketones (excluding diaryl/α,β-unsaturated/α-hetero) is 1. The molecule has 1 saturated heterocycles. The van der Waals surface area contributed by atoms with Gasteiger partial charge in [0.25, 0.3) is 0 Å². The Morgan fingerprint density at radius 2 is 1.33 bits per heavy atom. The minimum atomic E-state index is -0.205. The highest BCUT2D eigenvalue weighted by Gasteiger charge is 2.56. The summed E-state index contributed by atoms with van der Waals surface area (Å²) in [6, 6.07) is 0. The highest BCUT2D eigenvalue weighted by Crippen LogP contribution is 2.60. The molecule has 4 nitrogen and oxygen atoms in total. The number of ketones is 1. The van der Waals surface area contributed by atoms with Crippen LogP contribution in [0.5, 0.6) is 0 Å². The molecule has 6 aliphatic rings. The van der Waals surface area contributed by atoms with E-state index in [0.29, 0.717) is 17.8 Å². The summed E-state index contributed by atoms with van der Waals surface area (Å²) in [7, 11) is 0. The van der Waals surface area contributed by atoms with E-state index in [1.807, 2.05) is 0 Å². The Morgan fingerprint density at radius 1 is 0.875 bits per heavy atom. The van der Waals surface area contributed by atoms with Crippen LogP contribution in [0.3, 0.4) is 0 Å². The minimum absolute atomic E-state index is 0.0530. The number of imide groups is 1. The lowest BCUT2D eigenvalue weighted by Gasteiger charge is -2.56. The largest absolute Gasteiger partial charge is 0.297 e. The van der Waals surface area contributed by atoms with Crippen LogP contribution in [0, 0.1) is 35.0 Å². The molecule has 0 spiro atoms. The number of amides is 2. The van der Waals surface area contributed by atoms with Gasteiger partial charge in [-0.3, -0.25) is 19.3 Å². The van der Waals surface area contributed by atoms with Crippen LogP contribution in [-0.4, -0.2) is 29.0 Å². The molecule has 4 bridgehead atoms. The van der Waals surface area contributed by atoms with Gasteiger partial charge in [-0.1, -0.05) is 12.8 Å². The standard InChI is InChI=1S/C20H27NO3/c22-17(20-8-12-5-13(9-20)7-14(6-12)10-20)11-21-18(23)15-3-1-2-4-16(15)19(21)24/h12-16H,1-11H2/t12?,13?,14?,15-,16-,20?/m0/s1. The summed E-state index contributed by atoms with van der Waals surface area (Å²) in [4.78, 5) is 39.9. The molecule has 0 radical (unpaired) electrons. The van der Waals surface area contributed by atoms with Gasteiger partial charge >= 0.3 is 0 Å². The smallest absolute Gasteiger partial charge is 0.233 e. The van der Waals surface area contributed by atoms with Crippen molar-refractivity contribution in [2.75, 3.05) is 6.54 Å². The fourth-order valence-corrected chi connectivity index (χ4v) is 7.15. The van der Waals surface area contributed by atoms with Gasteiger partial charge in [-0.05, 0) is 69.1 Å². The van der Waals surface area contributed by atoms with E-state index >= 15 is 0 Å². The van der Waals surface area contributed by atoms with Gasteiger partial charge in [0, 0.05) is 5.41 Å². The zero-order chi connectivity index (χ0) is 16.5. The van der Waals surface area contributed by atoms with Gasteiger partial charge in [0.1, 0.15) is 0 Å². The van der Waals surface area contributed by atoms with Crippen LogP contribution in [0.2, 0.25) is 0 Å². The predicted molar refractivity (Wildman–Crippen MR) is 87.8 cm³/mol. The molecule has 1 aliphatic heterocycles. The molecule has 0 aromatic heterocycles. The lowest BCUT2D eigenvalue weighted by molar-refractivity contribution is -0.152. The first-order valence-corrected chi connectivity index (χ1v) is 9.94. The Hall–Kier alpha value is -1.19. The van der Waals surface area contributed by atoms with Crippen molar-refractivity contribution < 1.29 is 14.4 Å². The Balaban J connectivity index is 1.35. The van der Waals surface area contributed by atoms with E-state index in [-0.39, 0.29) is 41.4 Å². The molecule has 6 fully saturated rings. The first-order valence-electron chi connectivity index (χ1n) is 9.94. The molecule has 1 heterocycles. The molecule has 5 aliphatic carbocycles. The number of hydrogen-bond acceptors (Lipinski definition) is 3. The van der Waals surface area contributed by atoms with Gasteiger partial charge in [-0.15, -0.1) is 0 Å². The molecule has 2 amide bonds. The maximum Gasteiger partial charge on any atom is 0.233 e. The third-order valence-corrected chi connectivity index (χ3v) is 7.86. The van der Waals surface area contributed by atoms with Crippen LogP contribution in [0.1, 0.15) is 64.2 Å². The van der Waals surface area contributed by atoms with Crippen molar-refractivity contribution in [2.45, 2.75) is 64.2 Å². The molecule has 0 aromatic rings. The van der Waals surface area contributed by atoms with Gasteiger partial charge in [-0.25, -0.2) is 0 Å². The van der Waals surface area contributed by atoms with Crippen molar-refractivity contribution in [1.29, 1.82) is 0 Å². The second-order valence-electron chi connectivity index (χ2n) is 9.38.